The van der Waals surface area contributed by atoms with Crippen LogP contribution in [0.5, 0.6) is 0 Å². The Kier molecular flexibility index (Phi) is 4.19. The molecule has 0 saturated carbocycles. The number of benzene rings is 6. The molecule has 0 N–H and O–H groups in total. The van der Waals surface area contributed by atoms with Crippen LogP contribution in [-0.4, -0.2) is 7.05 Å². The molecule has 0 aliphatic heterocycles. The first-order valence-corrected chi connectivity index (χ1v) is 11.2. The molecule has 0 unspecified atom stereocenters. The Morgan fingerprint density at radius 2 is 0.625 bits per heavy atom. The minimum atomic E-state index is 1.28. The van der Waals surface area contributed by atoms with Gasteiger partial charge in [-0.1, -0.05) is 97.1 Å². The molecule has 0 bridgehead atoms. The summed E-state index contributed by atoms with van der Waals surface area (Å²) in [6, 6.07) is 35.2. The molecule has 0 aromatic heterocycles. The third-order valence-electron chi connectivity index (χ3n) is 6.99. The highest BCUT2D eigenvalue weighted by molar-refractivity contribution is 6.19. The Hall–Kier alpha value is -3.84. The van der Waals surface area contributed by atoms with Gasteiger partial charge in [0.2, 0.25) is 0 Å². The zero-order chi connectivity index (χ0) is 21.8. The number of hydrogen-bond donors (Lipinski definition) is 0. The zero-order valence-electron chi connectivity index (χ0n) is 18.7. The van der Waals surface area contributed by atoms with E-state index in [1.165, 1.54) is 65.6 Å². The van der Waals surface area contributed by atoms with Crippen LogP contribution < -0.4 is 4.90 Å². The van der Waals surface area contributed by atoms with Crippen molar-refractivity contribution in [1.82, 2.24) is 0 Å². The van der Waals surface area contributed by atoms with Gasteiger partial charge in [-0.15, -0.1) is 0 Å². The number of anilines is 2. The highest BCUT2D eigenvalue weighted by atomic mass is 15.1. The fraction of sp³-hybridized carbons (Fsp3) is 0.0968. The van der Waals surface area contributed by atoms with Crippen molar-refractivity contribution in [3.05, 3.63) is 108 Å². The molecule has 6 aromatic rings. The number of aryl methyl sites for hydroxylation is 2. The molecule has 0 amide bonds. The van der Waals surface area contributed by atoms with Crippen molar-refractivity contribution in [2.45, 2.75) is 13.8 Å². The van der Waals surface area contributed by atoms with Crippen molar-refractivity contribution in [1.29, 1.82) is 0 Å². The maximum atomic E-state index is 2.42. The lowest BCUT2D eigenvalue weighted by atomic mass is 9.92. The molecular weight excluding hydrogens is 386 g/mol. The highest BCUT2D eigenvalue weighted by Crippen LogP contribution is 2.45. The van der Waals surface area contributed by atoms with Gasteiger partial charge < -0.3 is 4.90 Å². The zero-order valence-corrected chi connectivity index (χ0v) is 18.7. The largest absolute Gasteiger partial charge is 0.343 e. The van der Waals surface area contributed by atoms with Crippen LogP contribution >= 0.6 is 0 Å². The van der Waals surface area contributed by atoms with E-state index >= 15 is 0 Å². The Morgan fingerprint density at radius 3 is 0.969 bits per heavy atom. The molecule has 0 fully saturated rings. The third-order valence-corrected chi connectivity index (χ3v) is 6.99. The lowest BCUT2D eigenvalue weighted by molar-refractivity contribution is 1.20. The SMILES string of the molecule is Cc1c(N(C)c2c(C)c3ccccc3c3ccccc23)c2ccccc2c2ccccc12. The summed E-state index contributed by atoms with van der Waals surface area (Å²) in [6.07, 6.45) is 0. The summed E-state index contributed by atoms with van der Waals surface area (Å²) < 4.78 is 0. The molecule has 0 heterocycles. The van der Waals surface area contributed by atoms with Gasteiger partial charge in [-0.2, -0.15) is 0 Å². The average Bonchev–Trinajstić information content (AvgIpc) is 2.84. The highest BCUT2D eigenvalue weighted by Gasteiger charge is 2.20. The minimum Gasteiger partial charge on any atom is -0.343 e. The van der Waals surface area contributed by atoms with Crippen molar-refractivity contribution in [3.8, 4) is 0 Å². The molecule has 32 heavy (non-hydrogen) atoms. The van der Waals surface area contributed by atoms with E-state index in [0.29, 0.717) is 0 Å². The number of hydrogen-bond acceptors (Lipinski definition) is 1. The fourth-order valence-corrected chi connectivity index (χ4v) is 5.57. The minimum absolute atomic E-state index is 1.28. The smallest absolute Gasteiger partial charge is 0.0524 e. The van der Waals surface area contributed by atoms with Gasteiger partial charge in [-0.05, 0) is 57.3 Å². The maximum absolute atomic E-state index is 2.42. The Morgan fingerprint density at radius 1 is 0.375 bits per heavy atom. The summed E-state index contributed by atoms with van der Waals surface area (Å²) in [5.74, 6) is 0. The first kappa shape index (κ1) is 18.9. The van der Waals surface area contributed by atoms with Crippen LogP contribution in [0, 0.1) is 13.8 Å². The third kappa shape index (κ3) is 2.58. The second kappa shape index (κ2) is 7.10. The van der Waals surface area contributed by atoms with Crippen LogP contribution in [0.3, 0.4) is 0 Å². The number of rotatable bonds is 2. The van der Waals surface area contributed by atoms with E-state index in [1.54, 1.807) is 0 Å². The lowest BCUT2D eigenvalue weighted by Gasteiger charge is -2.29. The monoisotopic (exact) mass is 411 g/mol. The topological polar surface area (TPSA) is 3.24 Å². The molecule has 1 heteroatoms. The van der Waals surface area contributed by atoms with Gasteiger partial charge in [0.05, 0.1) is 11.4 Å². The average molecular weight is 412 g/mol. The van der Waals surface area contributed by atoms with E-state index in [9.17, 15) is 0 Å². The normalized spacial score (nSPS) is 11.6. The number of nitrogens with zero attached hydrogens (tertiary/aromatic N) is 1. The second-order valence-electron chi connectivity index (χ2n) is 8.69. The molecule has 0 aliphatic carbocycles. The molecule has 1 nitrogen and oxygen atoms in total. The molecular formula is C31H25N. The molecule has 6 rings (SSSR count). The maximum Gasteiger partial charge on any atom is 0.0524 e. The van der Waals surface area contributed by atoms with Crippen molar-refractivity contribution in [2.24, 2.45) is 0 Å². The first-order chi connectivity index (χ1) is 15.7. The lowest BCUT2D eigenvalue weighted by Crippen LogP contribution is -2.14. The standard InChI is InChI=1S/C31H25N/c1-20-22-12-4-6-14-24(22)26-16-8-10-18-28(26)30(20)32(3)31-21(2)23-13-5-7-15-25(23)27-17-9-11-19-29(27)31/h4-19H,1-3H3. The quantitative estimate of drug-likeness (QED) is 0.258. The summed E-state index contributed by atoms with van der Waals surface area (Å²) >= 11 is 0. The molecule has 0 aliphatic rings. The Balaban J connectivity index is 1.76. The predicted molar refractivity (Wildman–Crippen MR) is 140 cm³/mol. The summed E-state index contributed by atoms with van der Waals surface area (Å²) in [6.45, 7) is 4.53. The van der Waals surface area contributed by atoms with Gasteiger partial charge in [0.1, 0.15) is 0 Å². The summed E-state index contributed by atoms with van der Waals surface area (Å²) in [7, 11) is 2.23. The van der Waals surface area contributed by atoms with Crippen LogP contribution in [0.2, 0.25) is 0 Å². The number of fused-ring (bicyclic) bond motifs is 6. The van der Waals surface area contributed by atoms with Gasteiger partial charge in [0.15, 0.2) is 0 Å². The fourth-order valence-electron chi connectivity index (χ4n) is 5.57. The van der Waals surface area contributed by atoms with E-state index in [4.69, 9.17) is 0 Å². The summed E-state index contributed by atoms with van der Waals surface area (Å²) in [4.78, 5) is 2.42. The summed E-state index contributed by atoms with van der Waals surface area (Å²) in [5, 5.41) is 10.5. The van der Waals surface area contributed by atoms with E-state index in [0.717, 1.165) is 0 Å². The molecule has 0 spiro atoms. The molecule has 0 radical (unpaired) electrons. The van der Waals surface area contributed by atoms with Gasteiger partial charge in [-0.3, -0.25) is 0 Å². The van der Waals surface area contributed by atoms with Crippen LogP contribution in [0.15, 0.2) is 97.1 Å². The Bertz CT molecular complexity index is 1530. The van der Waals surface area contributed by atoms with E-state index in [2.05, 4.69) is 123 Å². The molecule has 0 atom stereocenters. The van der Waals surface area contributed by atoms with Crippen LogP contribution in [0.4, 0.5) is 11.4 Å². The summed E-state index contributed by atoms with van der Waals surface area (Å²) in [5.41, 5.74) is 5.20. The first-order valence-electron chi connectivity index (χ1n) is 11.2. The van der Waals surface area contributed by atoms with Gasteiger partial charge in [0, 0.05) is 17.8 Å². The van der Waals surface area contributed by atoms with Crippen molar-refractivity contribution in [2.75, 3.05) is 11.9 Å². The van der Waals surface area contributed by atoms with Gasteiger partial charge in [-0.25, -0.2) is 0 Å². The second-order valence-corrected chi connectivity index (χ2v) is 8.69. The van der Waals surface area contributed by atoms with Crippen LogP contribution in [-0.2, 0) is 0 Å². The van der Waals surface area contributed by atoms with Gasteiger partial charge in [0.25, 0.3) is 0 Å². The van der Waals surface area contributed by atoms with E-state index in [1.807, 2.05) is 0 Å². The Labute approximate surface area is 188 Å². The van der Waals surface area contributed by atoms with Gasteiger partial charge >= 0.3 is 0 Å². The predicted octanol–water partition coefficient (Wildman–Crippen LogP) is 8.68. The van der Waals surface area contributed by atoms with E-state index < -0.39 is 0 Å². The molecule has 6 aromatic carbocycles. The van der Waals surface area contributed by atoms with Crippen LogP contribution in [0.25, 0.3) is 43.1 Å². The van der Waals surface area contributed by atoms with Crippen molar-refractivity contribution >= 4 is 54.5 Å². The molecule has 0 saturated heterocycles. The van der Waals surface area contributed by atoms with Crippen molar-refractivity contribution in [3.63, 3.8) is 0 Å². The molecule has 154 valence electrons. The van der Waals surface area contributed by atoms with Crippen LogP contribution in [0.1, 0.15) is 11.1 Å². The van der Waals surface area contributed by atoms with E-state index in [-0.39, 0.29) is 0 Å². The van der Waals surface area contributed by atoms with Crippen molar-refractivity contribution < 1.29 is 0 Å².